The first-order chi connectivity index (χ1) is 11.0. The number of nitrogens with one attached hydrogen (secondary N) is 1. The van der Waals surface area contributed by atoms with Gasteiger partial charge < -0.3 is 11.1 Å². The van der Waals surface area contributed by atoms with Crippen LogP contribution in [0, 0.1) is 5.92 Å². The van der Waals surface area contributed by atoms with Gasteiger partial charge in [-0.3, -0.25) is 0 Å². The van der Waals surface area contributed by atoms with Crippen LogP contribution in [0.3, 0.4) is 0 Å². The first-order valence-electron chi connectivity index (χ1n) is 8.91. The van der Waals surface area contributed by atoms with Crippen molar-refractivity contribution in [2.75, 3.05) is 5.32 Å². The Morgan fingerprint density at radius 3 is 2.74 bits per heavy atom. The fourth-order valence-electron chi connectivity index (χ4n) is 4.04. The van der Waals surface area contributed by atoms with E-state index in [1.165, 1.54) is 25.0 Å². The van der Waals surface area contributed by atoms with Gasteiger partial charge in [0, 0.05) is 29.6 Å². The Balaban J connectivity index is 1.69. The second-order valence-corrected chi connectivity index (χ2v) is 7.89. The van der Waals surface area contributed by atoms with E-state index in [0.717, 1.165) is 36.6 Å². The lowest BCUT2D eigenvalue weighted by Gasteiger charge is -2.40. The molecule has 2 saturated carbocycles. The molecule has 23 heavy (non-hydrogen) atoms. The van der Waals surface area contributed by atoms with Crippen molar-refractivity contribution in [1.82, 2.24) is 14.6 Å². The third-order valence-corrected chi connectivity index (χ3v) is 5.97. The van der Waals surface area contributed by atoms with Crippen molar-refractivity contribution in [3.63, 3.8) is 0 Å². The van der Waals surface area contributed by atoms with E-state index < -0.39 is 0 Å². The predicted octanol–water partition coefficient (Wildman–Crippen LogP) is 3.10. The van der Waals surface area contributed by atoms with Crippen LogP contribution in [-0.2, 0) is 5.41 Å². The van der Waals surface area contributed by atoms with Crippen LogP contribution in [-0.4, -0.2) is 26.7 Å². The van der Waals surface area contributed by atoms with Crippen LogP contribution in [0.25, 0.3) is 5.65 Å². The fraction of sp³-hybridized carbons (Fsp3) is 0.667. The van der Waals surface area contributed by atoms with Gasteiger partial charge in [-0.15, -0.1) is 0 Å². The van der Waals surface area contributed by atoms with E-state index in [1.807, 2.05) is 16.8 Å². The summed E-state index contributed by atoms with van der Waals surface area (Å²) in [4.78, 5) is 4.90. The molecule has 2 aromatic heterocycles. The number of aromatic nitrogens is 3. The Labute approximate surface area is 137 Å². The summed E-state index contributed by atoms with van der Waals surface area (Å²) in [6.07, 6.45) is 9.09. The van der Waals surface area contributed by atoms with Crippen molar-refractivity contribution in [3.05, 3.63) is 24.0 Å². The van der Waals surface area contributed by atoms with Gasteiger partial charge in [0.2, 0.25) is 0 Å². The highest BCUT2D eigenvalue weighted by Gasteiger charge is 2.37. The molecule has 2 atom stereocenters. The third-order valence-electron chi connectivity index (χ3n) is 5.97. The molecular weight excluding hydrogens is 286 g/mol. The molecule has 0 unspecified atom stereocenters. The summed E-state index contributed by atoms with van der Waals surface area (Å²) in [5.41, 5.74) is 8.29. The molecule has 5 heteroatoms. The minimum atomic E-state index is 0.118. The zero-order chi connectivity index (χ0) is 16.0. The number of hydrogen-bond donors (Lipinski definition) is 2. The van der Waals surface area contributed by atoms with Crippen molar-refractivity contribution < 1.29 is 0 Å². The summed E-state index contributed by atoms with van der Waals surface area (Å²) in [5.74, 6) is 1.80. The lowest BCUT2D eigenvalue weighted by Crippen LogP contribution is -2.35. The molecule has 0 aliphatic heterocycles. The Morgan fingerprint density at radius 2 is 2.09 bits per heavy atom. The van der Waals surface area contributed by atoms with Gasteiger partial charge in [-0.2, -0.15) is 9.61 Å². The monoisotopic (exact) mass is 313 g/mol. The zero-order valence-corrected chi connectivity index (χ0v) is 14.1. The van der Waals surface area contributed by atoms with E-state index in [9.17, 15) is 0 Å². The maximum atomic E-state index is 6.06. The van der Waals surface area contributed by atoms with E-state index in [1.54, 1.807) is 0 Å². The summed E-state index contributed by atoms with van der Waals surface area (Å²) in [7, 11) is 0. The molecule has 2 aliphatic carbocycles. The minimum Gasteiger partial charge on any atom is -0.367 e. The Bertz CT molecular complexity index is 700. The first-order valence-corrected chi connectivity index (χ1v) is 8.91. The van der Waals surface area contributed by atoms with Gasteiger partial charge in [-0.25, -0.2) is 4.98 Å². The smallest absolute Gasteiger partial charge is 0.157 e. The van der Waals surface area contributed by atoms with E-state index in [-0.39, 0.29) is 5.41 Å². The highest BCUT2D eigenvalue weighted by molar-refractivity contribution is 5.51. The average Bonchev–Trinajstić information content (AvgIpc) is 3.05. The zero-order valence-electron chi connectivity index (χ0n) is 14.1. The molecule has 0 bridgehead atoms. The van der Waals surface area contributed by atoms with Crippen molar-refractivity contribution in [2.24, 2.45) is 11.7 Å². The molecule has 0 radical (unpaired) electrons. The lowest BCUT2D eigenvalue weighted by molar-refractivity contribution is 0.190. The summed E-state index contributed by atoms with van der Waals surface area (Å²) in [5, 5.41) is 8.11. The third kappa shape index (κ3) is 2.61. The molecule has 0 aromatic carbocycles. The molecule has 124 valence electrons. The molecule has 0 amide bonds. The maximum absolute atomic E-state index is 6.06. The highest BCUT2D eigenvalue weighted by Crippen LogP contribution is 2.43. The number of nitrogens with two attached hydrogens (primary N) is 1. The molecule has 4 rings (SSSR count). The molecule has 5 nitrogen and oxygen atoms in total. The van der Waals surface area contributed by atoms with Crippen LogP contribution in [0.5, 0.6) is 0 Å². The lowest BCUT2D eigenvalue weighted by atomic mass is 9.66. The van der Waals surface area contributed by atoms with Crippen LogP contribution in [0.15, 0.2) is 18.3 Å². The molecule has 0 spiro atoms. The van der Waals surface area contributed by atoms with E-state index in [2.05, 4.69) is 30.3 Å². The van der Waals surface area contributed by atoms with Gasteiger partial charge in [0.05, 0.1) is 11.9 Å². The van der Waals surface area contributed by atoms with Crippen molar-refractivity contribution in [1.29, 1.82) is 0 Å². The number of fused-ring (bicyclic) bond motifs is 1. The number of hydrogen-bond acceptors (Lipinski definition) is 4. The summed E-state index contributed by atoms with van der Waals surface area (Å²) in [6.45, 7) is 4.67. The van der Waals surface area contributed by atoms with Crippen molar-refractivity contribution in [2.45, 2.75) is 69.9 Å². The normalized spacial score (nSPS) is 25.7. The van der Waals surface area contributed by atoms with Gasteiger partial charge in [-0.05, 0) is 38.0 Å². The van der Waals surface area contributed by atoms with E-state index >= 15 is 0 Å². The Kier molecular flexibility index (Phi) is 3.56. The second kappa shape index (κ2) is 5.48. The topological polar surface area (TPSA) is 68.2 Å². The van der Waals surface area contributed by atoms with Gasteiger partial charge in [0.1, 0.15) is 5.82 Å². The fourth-order valence-corrected chi connectivity index (χ4v) is 4.04. The Morgan fingerprint density at radius 1 is 1.26 bits per heavy atom. The van der Waals surface area contributed by atoms with Crippen LogP contribution in [0.4, 0.5) is 5.82 Å². The molecule has 2 aliphatic rings. The predicted molar refractivity (Wildman–Crippen MR) is 92.6 cm³/mol. The van der Waals surface area contributed by atoms with Crippen molar-refractivity contribution in [3.8, 4) is 0 Å². The number of anilines is 1. The van der Waals surface area contributed by atoms with Crippen molar-refractivity contribution >= 4 is 11.5 Å². The van der Waals surface area contributed by atoms with E-state index in [0.29, 0.717) is 12.1 Å². The molecule has 2 heterocycles. The standard InChI is InChI=1S/C18H27N5/c1-18(2,12-4-3-5-12)15-11-17(21-14-7-6-13(19)10-14)23-16(22-15)8-9-20-23/h8-9,11-14,21H,3-7,10,19H2,1-2H3/t13-,14-/m0/s1. The minimum absolute atomic E-state index is 0.118. The number of nitrogens with zero attached hydrogens (tertiary/aromatic N) is 3. The summed E-state index contributed by atoms with van der Waals surface area (Å²) >= 11 is 0. The van der Waals surface area contributed by atoms with Gasteiger partial charge in [0.25, 0.3) is 0 Å². The number of rotatable bonds is 4. The highest BCUT2D eigenvalue weighted by atomic mass is 15.3. The van der Waals surface area contributed by atoms with Gasteiger partial charge in [-0.1, -0.05) is 20.3 Å². The van der Waals surface area contributed by atoms with E-state index in [4.69, 9.17) is 10.7 Å². The van der Waals surface area contributed by atoms with Crippen LogP contribution >= 0.6 is 0 Å². The quantitative estimate of drug-likeness (QED) is 0.910. The summed E-state index contributed by atoms with van der Waals surface area (Å²) < 4.78 is 1.92. The molecular formula is C18H27N5. The van der Waals surface area contributed by atoms with Crippen LogP contribution in [0.1, 0.15) is 58.1 Å². The largest absolute Gasteiger partial charge is 0.367 e. The second-order valence-electron chi connectivity index (χ2n) is 7.89. The Hall–Kier alpha value is -1.62. The SMILES string of the molecule is CC(C)(c1cc(N[C@H]2CC[C@H](N)C2)n2nccc2n1)C1CCC1. The molecule has 3 N–H and O–H groups in total. The van der Waals surface area contributed by atoms with Crippen LogP contribution < -0.4 is 11.1 Å². The molecule has 2 fully saturated rings. The average molecular weight is 313 g/mol. The molecule has 0 saturated heterocycles. The maximum Gasteiger partial charge on any atom is 0.157 e. The van der Waals surface area contributed by atoms with Gasteiger partial charge in [0.15, 0.2) is 5.65 Å². The first kappa shape index (κ1) is 14.9. The van der Waals surface area contributed by atoms with Crippen LogP contribution in [0.2, 0.25) is 0 Å². The molecule has 2 aromatic rings. The summed E-state index contributed by atoms with van der Waals surface area (Å²) in [6, 6.07) is 4.97. The van der Waals surface area contributed by atoms with Gasteiger partial charge >= 0.3 is 0 Å².